The van der Waals surface area contributed by atoms with Crippen molar-refractivity contribution in [2.24, 2.45) is 4.99 Å². The van der Waals surface area contributed by atoms with Gasteiger partial charge < -0.3 is 5.11 Å². The zero-order valence-corrected chi connectivity index (χ0v) is 11.4. The molecule has 0 aliphatic heterocycles. The van der Waals surface area contributed by atoms with E-state index in [1.807, 2.05) is 18.2 Å². The van der Waals surface area contributed by atoms with E-state index in [1.54, 1.807) is 30.5 Å². The van der Waals surface area contributed by atoms with Gasteiger partial charge in [-0.3, -0.25) is 4.99 Å². The molecule has 0 spiro atoms. The normalized spacial score (nSPS) is 12.4. The van der Waals surface area contributed by atoms with E-state index in [1.165, 1.54) is 5.56 Å². The van der Waals surface area contributed by atoms with E-state index in [2.05, 4.69) is 24.0 Å². The fourth-order valence-corrected chi connectivity index (χ4v) is 1.99. The van der Waals surface area contributed by atoms with Crippen molar-refractivity contribution in [1.29, 1.82) is 0 Å². The lowest BCUT2D eigenvalue weighted by atomic mass is 9.99. The maximum Gasteiger partial charge on any atom is 0.337 e. The minimum atomic E-state index is -0.950. The third-order valence-corrected chi connectivity index (χ3v) is 3.19. The van der Waals surface area contributed by atoms with Gasteiger partial charge >= 0.3 is 5.97 Å². The van der Waals surface area contributed by atoms with Crippen LogP contribution in [0, 0.1) is 0 Å². The molecule has 0 aliphatic carbocycles. The number of hydrogen-bond donors (Lipinski definition) is 1. The Bertz CT molecular complexity index is 605. The van der Waals surface area contributed by atoms with Gasteiger partial charge in [0, 0.05) is 6.21 Å². The van der Waals surface area contributed by atoms with E-state index in [0.717, 1.165) is 6.42 Å². The van der Waals surface area contributed by atoms with Crippen LogP contribution in [-0.4, -0.2) is 17.3 Å². The van der Waals surface area contributed by atoms with Crippen molar-refractivity contribution in [1.82, 2.24) is 0 Å². The van der Waals surface area contributed by atoms with Crippen LogP contribution < -0.4 is 0 Å². The highest BCUT2D eigenvalue weighted by Gasteiger charge is 2.07. The largest absolute Gasteiger partial charge is 0.478 e. The molecule has 1 atom stereocenters. The van der Waals surface area contributed by atoms with E-state index < -0.39 is 5.97 Å². The molecule has 0 heterocycles. The topological polar surface area (TPSA) is 49.7 Å². The molecule has 0 saturated heterocycles. The molecular weight excluding hydrogens is 250 g/mol. The lowest BCUT2D eigenvalue weighted by Crippen LogP contribution is -1.97. The van der Waals surface area contributed by atoms with Gasteiger partial charge in [0.1, 0.15) is 0 Å². The SMILES string of the molecule is CC(CC=Nc1ccccc1C(=O)O)c1ccccc1. The van der Waals surface area contributed by atoms with Crippen LogP contribution in [-0.2, 0) is 0 Å². The number of aromatic carboxylic acids is 1. The summed E-state index contributed by atoms with van der Waals surface area (Å²) in [6, 6.07) is 17.0. The maximum atomic E-state index is 11.1. The van der Waals surface area contributed by atoms with Crippen LogP contribution in [0.3, 0.4) is 0 Å². The number of rotatable bonds is 5. The average Bonchev–Trinajstić information content (AvgIpc) is 2.48. The average molecular weight is 267 g/mol. The summed E-state index contributed by atoms with van der Waals surface area (Å²) < 4.78 is 0. The minimum absolute atomic E-state index is 0.233. The molecular formula is C17H17NO2. The summed E-state index contributed by atoms with van der Waals surface area (Å²) in [6.45, 7) is 2.13. The molecule has 0 aromatic heterocycles. The Hall–Kier alpha value is -2.42. The number of carboxylic acids is 1. The van der Waals surface area contributed by atoms with Gasteiger partial charge in [0.15, 0.2) is 0 Å². The van der Waals surface area contributed by atoms with Crippen molar-refractivity contribution in [3.63, 3.8) is 0 Å². The lowest BCUT2D eigenvalue weighted by molar-refractivity contribution is 0.0698. The zero-order chi connectivity index (χ0) is 14.4. The number of nitrogens with zero attached hydrogens (tertiary/aromatic N) is 1. The first-order valence-electron chi connectivity index (χ1n) is 6.58. The van der Waals surface area contributed by atoms with Gasteiger partial charge in [-0.1, -0.05) is 49.4 Å². The highest BCUT2D eigenvalue weighted by molar-refractivity contribution is 5.94. The number of benzene rings is 2. The highest BCUT2D eigenvalue weighted by Crippen LogP contribution is 2.20. The fraction of sp³-hybridized carbons (Fsp3) is 0.176. The first-order chi connectivity index (χ1) is 9.68. The van der Waals surface area contributed by atoms with Crippen LogP contribution in [0.5, 0.6) is 0 Å². The fourth-order valence-electron chi connectivity index (χ4n) is 1.99. The van der Waals surface area contributed by atoms with Gasteiger partial charge in [-0.25, -0.2) is 4.79 Å². The molecule has 1 unspecified atom stereocenters. The lowest BCUT2D eigenvalue weighted by Gasteiger charge is -2.08. The third-order valence-electron chi connectivity index (χ3n) is 3.19. The molecule has 1 N–H and O–H groups in total. The van der Waals surface area contributed by atoms with Crippen LogP contribution in [0.4, 0.5) is 5.69 Å². The number of para-hydroxylation sites is 1. The second-order valence-corrected chi connectivity index (χ2v) is 4.68. The predicted octanol–water partition coefficient (Wildman–Crippen LogP) is 4.28. The molecule has 0 saturated carbocycles. The van der Waals surface area contributed by atoms with Gasteiger partial charge in [-0.05, 0) is 30.0 Å². The second-order valence-electron chi connectivity index (χ2n) is 4.68. The summed E-state index contributed by atoms with van der Waals surface area (Å²) in [5.41, 5.74) is 1.99. The van der Waals surface area contributed by atoms with Crippen molar-refractivity contribution >= 4 is 17.9 Å². The first kappa shape index (κ1) is 14.0. The molecule has 3 nitrogen and oxygen atoms in total. The summed E-state index contributed by atoms with van der Waals surface area (Å²) in [4.78, 5) is 15.4. The van der Waals surface area contributed by atoms with Gasteiger partial charge in [0.2, 0.25) is 0 Å². The maximum absolute atomic E-state index is 11.1. The third kappa shape index (κ3) is 3.54. The van der Waals surface area contributed by atoms with Crippen LogP contribution in [0.1, 0.15) is 35.2 Å². The van der Waals surface area contributed by atoms with Crippen molar-refractivity contribution in [2.75, 3.05) is 0 Å². The highest BCUT2D eigenvalue weighted by atomic mass is 16.4. The Kier molecular flexibility index (Phi) is 4.66. The standard InChI is InChI=1S/C17H17NO2/c1-13(14-7-3-2-4-8-14)11-12-18-16-10-6-5-9-15(16)17(19)20/h2-10,12-13H,11H2,1H3,(H,19,20). The van der Waals surface area contributed by atoms with Crippen LogP contribution >= 0.6 is 0 Å². The second kappa shape index (κ2) is 6.66. The van der Waals surface area contributed by atoms with Crippen LogP contribution in [0.25, 0.3) is 0 Å². The van der Waals surface area contributed by atoms with Crippen molar-refractivity contribution in [3.8, 4) is 0 Å². The Morgan fingerprint density at radius 3 is 2.50 bits per heavy atom. The van der Waals surface area contributed by atoms with Gasteiger partial charge in [0.05, 0.1) is 11.3 Å². The van der Waals surface area contributed by atoms with Crippen molar-refractivity contribution < 1.29 is 9.90 Å². The molecule has 0 fully saturated rings. The molecule has 102 valence electrons. The number of aliphatic imine (C=N–C) groups is 1. The molecule has 2 rings (SSSR count). The van der Waals surface area contributed by atoms with E-state index in [-0.39, 0.29) is 5.56 Å². The van der Waals surface area contributed by atoms with E-state index in [9.17, 15) is 4.79 Å². The monoisotopic (exact) mass is 267 g/mol. The Morgan fingerprint density at radius 1 is 1.15 bits per heavy atom. The van der Waals surface area contributed by atoms with Crippen molar-refractivity contribution in [2.45, 2.75) is 19.3 Å². The van der Waals surface area contributed by atoms with E-state index >= 15 is 0 Å². The zero-order valence-electron chi connectivity index (χ0n) is 11.4. The molecule has 2 aromatic carbocycles. The number of hydrogen-bond acceptors (Lipinski definition) is 2. The van der Waals surface area contributed by atoms with Crippen LogP contribution in [0.2, 0.25) is 0 Å². The molecule has 3 heteroatoms. The Morgan fingerprint density at radius 2 is 1.80 bits per heavy atom. The Balaban J connectivity index is 2.06. The summed E-state index contributed by atoms with van der Waals surface area (Å²) in [5.74, 6) is -0.592. The number of carboxylic acid groups (broad SMARTS) is 1. The molecule has 0 aliphatic rings. The number of carbonyl (C=O) groups is 1. The minimum Gasteiger partial charge on any atom is -0.478 e. The Labute approximate surface area is 118 Å². The summed E-state index contributed by atoms with van der Waals surface area (Å²) in [7, 11) is 0. The molecule has 0 amide bonds. The van der Waals surface area contributed by atoms with Crippen LogP contribution in [0.15, 0.2) is 59.6 Å². The molecule has 0 bridgehead atoms. The van der Waals surface area contributed by atoms with Gasteiger partial charge in [-0.2, -0.15) is 0 Å². The van der Waals surface area contributed by atoms with Gasteiger partial charge in [-0.15, -0.1) is 0 Å². The summed E-state index contributed by atoms with van der Waals surface area (Å²) >= 11 is 0. The quantitative estimate of drug-likeness (QED) is 0.822. The summed E-state index contributed by atoms with van der Waals surface area (Å²) in [5, 5.41) is 9.08. The smallest absolute Gasteiger partial charge is 0.337 e. The summed E-state index contributed by atoms with van der Waals surface area (Å²) in [6.07, 6.45) is 2.57. The van der Waals surface area contributed by atoms with Crippen molar-refractivity contribution in [3.05, 3.63) is 65.7 Å². The molecule has 2 aromatic rings. The first-order valence-corrected chi connectivity index (χ1v) is 6.58. The van der Waals surface area contributed by atoms with E-state index in [4.69, 9.17) is 5.11 Å². The van der Waals surface area contributed by atoms with Gasteiger partial charge in [0.25, 0.3) is 0 Å². The molecule has 20 heavy (non-hydrogen) atoms. The predicted molar refractivity (Wildman–Crippen MR) is 81.0 cm³/mol. The molecule has 0 radical (unpaired) electrons. The van der Waals surface area contributed by atoms with E-state index in [0.29, 0.717) is 11.6 Å².